The molecule has 1 aromatic carbocycles. The number of nitrogens with two attached hydrogens (primary N) is 2. The Morgan fingerprint density at radius 2 is 2.03 bits per heavy atom. The first kappa shape index (κ1) is 20.8. The van der Waals surface area contributed by atoms with Crippen LogP contribution in [0.4, 0.5) is 10.5 Å². The summed E-state index contributed by atoms with van der Waals surface area (Å²) >= 11 is 3.45. The fourth-order valence-corrected chi connectivity index (χ4v) is 6.81. The molecule has 8 heteroatoms. The van der Waals surface area contributed by atoms with Crippen LogP contribution in [0.1, 0.15) is 36.8 Å². The maximum atomic E-state index is 12.2. The van der Waals surface area contributed by atoms with E-state index in [1.807, 2.05) is 25.1 Å². The minimum Gasteiger partial charge on any atom is -0.265 e. The number of hydrogen-bond acceptors (Lipinski definition) is 6. The number of hydrazine groups is 2. The van der Waals surface area contributed by atoms with E-state index in [2.05, 4.69) is 12.3 Å². The lowest BCUT2D eigenvalue weighted by atomic mass is 9.51. The minimum absolute atomic E-state index is 0.105. The van der Waals surface area contributed by atoms with Gasteiger partial charge in [0.25, 0.3) is 0 Å². The van der Waals surface area contributed by atoms with E-state index in [0.29, 0.717) is 11.4 Å². The van der Waals surface area contributed by atoms with Gasteiger partial charge in [-0.3, -0.25) is 10.0 Å². The van der Waals surface area contributed by atoms with E-state index in [1.165, 1.54) is 26.3 Å². The summed E-state index contributed by atoms with van der Waals surface area (Å²) in [5.41, 5.74) is 4.63. The van der Waals surface area contributed by atoms with Crippen LogP contribution < -0.4 is 16.7 Å². The second-order valence-corrected chi connectivity index (χ2v) is 10.4. The third-order valence-corrected chi connectivity index (χ3v) is 8.54. The van der Waals surface area contributed by atoms with Crippen molar-refractivity contribution in [3.63, 3.8) is 0 Å². The average Bonchev–Trinajstić information content (AvgIpc) is 2.70. The number of hydrogen-bond donors (Lipinski definition) is 2. The number of carbonyl (C=O) groups is 1. The van der Waals surface area contributed by atoms with E-state index in [9.17, 15) is 4.79 Å². The van der Waals surface area contributed by atoms with Crippen molar-refractivity contribution in [3.8, 4) is 0 Å². The lowest BCUT2D eigenvalue weighted by Gasteiger charge is -2.56. The van der Waals surface area contributed by atoms with Crippen molar-refractivity contribution in [2.24, 2.45) is 28.5 Å². The predicted molar refractivity (Wildman–Crippen MR) is 124 cm³/mol. The maximum absolute atomic E-state index is 12.2. The van der Waals surface area contributed by atoms with Gasteiger partial charge in [0.2, 0.25) is 0 Å². The van der Waals surface area contributed by atoms with Gasteiger partial charge in [0.1, 0.15) is 4.38 Å². The Morgan fingerprint density at radius 3 is 2.66 bits per heavy atom. The van der Waals surface area contributed by atoms with Crippen LogP contribution in [0.25, 0.3) is 0 Å². The summed E-state index contributed by atoms with van der Waals surface area (Å²) in [6, 6.07) is 5.36. The zero-order valence-corrected chi connectivity index (χ0v) is 18.9. The van der Waals surface area contributed by atoms with E-state index < -0.39 is 6.03 Å². The van der Waals surface area contributed by atoms with Gasteiger partial charge in [-0.25, -0.2) is 21.5 Å². The molecule has 156 valence electrons. The zero-order chi connectivity index (χ0) is 20.8. The normalized spacial score (nSPS) is 27.3. The molecule has 5 aliphatic carbocycles. The van der Waals surface area contributed by atoms with Crippen LogP contribution in [0.15, 0.2) is 34.8 Å². The number of urea groups is 1. The number of thioether (sulfide) groups is 2. The Labute approximate surface area is 181 Å². The molecule has 6 rings (SSSR count). The Kier molecular flexibility index (Phi) is 5.72. The van der Waals surface area contributed by atoms with Gasteiger partial charge in [0.05, 0.1) is 11.2 Å². The Bertz CT molecular complexity index is 868. The van der Waals surface area contributed by atoms with Crippen LogP contribution >= 0.6 is 23.5 Å². The van der Waals surface area contributed by atoms with Crippen LogP contribution in [-0.4, -0.2) is 34.3 Å². The molecule has 0 heterocycles. The molecule has 2 atom stereocenters. The van der Waals surface area contributed by atoms with Crippen molar-refractivity contribution < 1.29 is 4.79 Å². The van der Waals surface area contributed by atoms with Gasteiger partial charge in [-0.1, -0.05) is 35.5 Å². The van der Waals surface area contributed by atoms with Gasteiger partial charge >= 0.3 is 6.03 Å². The molecule has 4 bridgehead atoms. The molecule has 29 heavy (non-hydrogen) atoms. The summed E-state index contributed by atoms with van der Waals surface area (Å²) in [6.07, 6.45) is 9.43. The molecule has 4 N–H and O–H groups in total. The van der Waals surface area contributed by atoms with E-state index in [-0.39, 0.29) is 5.54 Å². The van der Waals surface area contributed by atoms with Crippen molar-refractivity contribution in [2.45, 2.75) is 43.9 Å². The van der Waals surface area contributed by atoms with Crippen molar-refractivity contribution in [1.29, 1.82) is 0 Å². The number of allylic oxidation sites excluding steroid dienone is 1. The molecule has 6 nitrogen and oxygen atoms in total. The standard InChI is InChI=1S/C21H29N5OS2/c1-13-5-4-6-18(26(23)20(27)25(2)22)17(13)12-29-19(28-3)24-21-8-7-16-14(10-21)9-15(16)11-21/h4-7,14-15H,8-12,22-23H2,1-3H3/b24-19+. The van der Waals surface area contributed by atoms with Crippen molar-refractivity contribution in [3.05, 3.63) is 41.0 Å². The number of aliphatic imine (C=N–C) groups is 1. The first-order valence-corrected chi connectivity index (χ1v) is 12.2. The van der Waals surface area contributed by atoms with E-state index >= 15 is 0 Å². The Hall–Kier alpha value is -1.48. The molecule has 0 spiro atoms. The van der Waals surface area contributed by atoms with Crippen LogP contribution in [0, 0.1) is 18.8 Å². The molecule has 2 amide bonds. The SMILES string of the molecule is CS/C(=N\C12CC=C3C(CC3C1)C2)SCc1c(C)cccc1N(N)C(=O)N(C)N. The Balaban J connectivity index is 1.52. The fourth-order valence-electron chi connectivity index (χ4n) is 4.97. The van der Waals surface area contributed by atoms with E-state index in [0.717, 1.165) is 43.8 Å². The molecule has 0 aromatic heterocycles. The number of carbonyl (C=O) groups excluding carboxylic acids is 1. The summed E-state index contributed by atoms with van der Waals surface area (Å²) in [4.78, 5) is 17.5. The monoisotopic (exact) mass is 431 g/mol. The van der Waals surface area contributed by atoms with Gasteiger partial charge in [0.15, 0.2) is 0 Å². The van der Waals surface area contributed by atoms with Crippen LogP contribution in [0.3, 0.4) is 0 Å². The number of benzene rings is 1. The van der Waals surface area contributed by atoms with Crippen molar-refractivity contribution >= 4 is 39.6 Å². The highest BCUT2D eigenvalue weighted by molar-refractivity contribution is 8.38. The second-order valence-electron chi connectivity index (χ2n) is 8.38. The molecule has 0 saturated heterocycles. The predicted octanol–water partition coefficient (Wildman–Crippen LogP) is 4.05. The number of fused-ring (bicyclic) bond motifs is 1. The lowest BCUT2D eigenvalue weighted by Crippen LogP contribution is -2.50. The maximum Gasteiger partial charge on any atom is 0.352 e. The van der Waals surface area contributed by atoms with E-state index in [4.69, 9.17) is 16.7 Å². The Morgan fingerprint density at radius 1 is 1.31 bits per heavy atom. The molecule has 0 aliphatic heterocycles. The van der Waals surface area contributed by atoms with Crippen LogP contribution in [0.5, 0.6) is 0 Å². The molecule has 3 fully saturated rings. The number of anilines is 1. The summed E-state index contributed by atoms with van der Waals surface area (Å²) in [6.45, 7) is 2.04. The van der Waals surface area contributed by atoms with Crippen molar-refractivity contribution in [2.75, 3.05) is 18.3 Å². The smallest absolute Gasteiger partial charge is 0.265 e. The molecular weight excluding hydrogens is 402 g/mol. The number of amides is 2. The molecule has 0 radical (unpaired) electrons. The quantitative estimate of drug-likeness (QED) is 0.187. The highest BCUT2D eigenvalue weighted by atomic mass is 32.2. The fraction of sp³-hybridized carbons (Fsp3) is 0.524. The molecule has 2 unspecified atom stereocenters. The minimum atomic E-state index is -0.453. The highest BCUT2D eigenvalue weighted by Crippen LogP contribution is 2.60. The summed E-state index contributed by atoms with van der Waals surface area (Å²) in [7, 11) is 1.49. The summed E-state index contributed by atoms with van der Waals surface area (Å²) in [5, 5.41) is 2.12. The third kappa shape index (κ3) is 3.83. The van der Waals surface area contributed by atoms with Crippen LogP contribution in [-0.2, 0) is 5.75 Å². The molecule has 3 saturated carbocycles. The molecular formula is C21H29N5OS2. The number of aryl methyl sites for hydroxylation is 1. The van der Waals surface area contributed by atoms with Gasteiger partial charge in [0, 0.05) is 12.8 Å². The zero-order valence-electron chi connectivity index (χ0n) is 17.2. The van der Waals surface area contributed by atoms with E-state index in [1.54, 1.807) is 29.1 Å². The summed E-state index contributed by atoms with van der Waals surface area (Å²) < 4.78 is 1.11. The summed E-state index contributed by atoms with van der Waals surface area (Å²) in [5.74, 6) is 13.9. The first-order chi connectivity index (χ1) is 13.8. The lowest BCUT2D eigenvalue weighted by molar-refractivity contribution is 0.105. The first-order valence-electron chi connectivity index (χ1n) is 9.96. The molecule has 5 aliphatic rings. The largest absolute Gasteiger partial charge is 0.352 e. The van der Waals surface area contributed by atoms with Gasteiger partial charge in [-0.15, -0.1) is 11.8 Å². The third-order valence-electron chi connectivity index (χ3n) is 6.48. The topological polar surface area (TPSA) is 88.0 Å². The highest BCUT2D eigenvalue weighted by Gasteiger charge is 2.53. The number of rotatable bonds is 4. The van der Waals surface area contributed by atoms with Gasteiger partial charge in [-0.05, 0) is 67.9 Å². The van der Waals surface area contributed by atoms with Gasteiger partial charge < -0.3 is 0 Å². The van der Waals surface area contributed by atoms with Crippen LogP contribution in [0.2, 0.25) is 0 Å². The second kappa shape index (κ2) is 7.98. The number of nitrogens with zero attached hydrogens (tertiary/aromatic N) is 3. The molecule has 1 aromatic rings. The van der Waals surface area contributed by atoms with Gasteiger partial charge in [-0.2, -0.15) is 0 Å². The average molecular weight is 432 g/mol. The van der Waals surface area contributed by atoms with Crippen molar-refractivity contribution in [1.82, 2.24) is 5.01 Å².